The molecule has 0 amide bonds. The lowest BCUT2D eigenvalue weighted by Gasteiger charge is -2.27. The van der Waals surface area contributed by atoms with Crippen molar-refractivity contribution in [1.29, 1.82) is 0 Å². The maximum absolute atomic E-state index is 11.0. The second kappa shape index (κ2) is 6.98. The third-order valence-corrected chi connectivity index (χ3v) is 4.15. The van der Waals surface area contributed by atoms with Gasteiger partial charge in [0.1, 0.15) is 0 Å². The Labute approximate surface area is 131 Å². The van der Waals surface area contributed by atoms with Crippen LogP contribution in [0.1, 0.15) is 30.1 Å². The van der Waals surface area contributed by atoms with Crippen LogP contribution >= 0.6 is 0 Å². The normalized spacial score (nSPS) is 19.2. The van der Waals surface area contributed by atoms with Gasteiger partial charge in [-0.15, -0.1) is 0 Å². The predicted molar refractivity (Wildman–Crippen MR) is 89.4 cm³/mol. The number of carboxylic acid groups (broad SMARTS) is 1. The van der Waals surface area contributed by atoms with Crippen LogP contribution in [0.15, 0.2) is 18.2 Å². The number of fused-ring (bicyclic) bond motifs is 1. The molecule has 2 rings (SSSR count). The third-order valence-electron chi connectivity index (χ3n) is 4.15. The molecule has 6 nitrogen and oxygen atoms in total. The quantitative estimate of drug-likeness (QED) is 0.578. The number of anilines is 2. The van der Waals surface area contributed by atoms with Crippen molar-refractivity contribution in [3.63, 3.8) is 0 Å². The summed E-state index contributed by atoms with van der Waals surface area (Å²) in [6.07, 6.45) is 2.54. The highest BCUT2D eigenvalue weighted by molar-refractivity contribution is 5.91. The molecule has 6 heteroatoms. The Balaban J connectivity index is 1.92. The molecule has 0 spiro atoms. The van der Waals surface area contributed by atoms with E-state index in [1.807, 2.05) is 13.1 Å². The summed E-state index contributed by atoms with van der Waals surface area (Å²) in [5.41, 5.74) is 2.15. The topological polar surface area (TPSA) is 76.6 Å². The summed E-state index contributed by atoms with van der Waals surface area (Å²) in [5, 5.41) is 19.1. The van der Waals surface area contributed by atoms with Crippen LogP contribution in [0.2, 0.25) is 0 Å². The molecule has 3 atom stereocenters. The molecule has 0 bridgehead atoms. The van der Waals surface area contributed by atoms with Crippen LogP contribution < -0.4 is 16.0 Å². The number of aromatic carboxylic acids is 1. The molecule has 0 fully saturated rings. The summed E-state index contributed by atoms with van der Waals surface area (Å²) in [7, 11) is 6.12. The monoisotopic (exact) mass is 306 g/mol. The summed E-state index contributed by atoms with van der Waals surface area (Å²) in [5.74, 6) is -0.373. The van der Waals surface area contributed by atoms with E-state index in [0.29, 0.717) is 17.6 Å². The molecule has 0 saturated heterocycles. The first-order valence-electron chi connectivity index (χ1n) is 7.64. The lowest BCUT2D eigenvalue weighted by molar-refractivity contribution is 0.0697. The van der Waals surface area contributed by atoms with Crippen LogP contribution in [-0.2, 0) is 0 Å². The van der Waals surface area contributed by atoms with E-state index in [2.05, 4.69) is 41.9 Å². The van der Waals surface area contributed by atoms with Gasteiger partial charge >= 0.3 is 5.97 Å². The Hall–Kier alpha value is -1.79. The van der Waals surface area contributed by atoms with E-state index in [1.54, 1.807) is 12.1 Å². The molecule has 0 radical (unpaired) electrons. The molecule has 1 aromatic carbocycles. The van der Waals surface area contributed by atoms with Crippen molar-refractivity contribution in [2.45, 2.75) is 32.1 Å². The van der Waals surface area contributed by atoms with E-state index < -0.39 is 5.97 Å². The Bertz CT molecular complexity index is 533. The molecule has 1 aromatic rings. The second-order valence-electron chi connectivity index (χ2n) is 6.25. The molecule has 122 valence electrons. The van der Waals surface area contributed by atoms with Gasteiger partial charge in [-0.05, 0) is 58.1 Å². The highest BCUT2D eigenvalue weighted by Crippen LogP contribution is 2.32. The second-order valence-corrected chi connectivity index (χ2v) is 6.25. The number of nitrogens with zero attached hydrogens (tertiary/aromatic N) is 1. The van der Waals surface area contributed by atoms with E-state index in [0.717, 1.165) is 24.2 Å². The van der Waals surface area contributed by atoms with Gasteiger partial charge in [0, 0.05) is 0 Å². The number of benzene rings is 1. The molecule has 1 aliphatic heterocycles. The zero-order valence-corrected chi connectivity index (χ0v) is 13.7. The molecule has 0 saturated carbocycles. The largest absolute Gasteiger partial charge is 0.478 e. The van der Waals surface area contributed by atoms with Gasteiger partial charge in [-0.2, -0.15) is 0 Å². The lowest BCUT2D eigenvalue weighted by atomic mass is 10.00. The zero-order valence-electron chi connectivity index (χ0n) is 13.7. The van der Waals surface area contributed by atoms with Crippen LogP contribution in [-0.4, -0.2) is 49.5 Å². The Morgan fingerprint density at radius 1 is 1.36 bits per heavy atom. The van der Waals surface area contributed by atoms with Crippen molar-refractivity contribution in [3.05, 3.63) is 23.8 Å². The minimum atomic E-state index is -0.899. The van der Waals surface area contributed by atoms with E-state index in [1.165, 1.54) is 0 Å². The van der Waals surface area contributed by atoms with Crippen molar-refractivity contribution < 1.29 is 9.90 Å². The van der Waals surface area contributed by atoms with Gasteiger partial charge in [0.2, 0.25) is 0 Å². The highest BCUT2D eigenvalue weighted by atomic mass is 16.4. The maximum atomic E-state index is 11.0. The van der Waals surface area contributed by atoms with Gasteiger partial charge in [-0.25, -0.2) is 4.79 Å². The molecule has 1 aliphatic rings. The number of carboxylic acids is 1. The third kappa shape index (κ3) is 3.90. The van der Waals surface area contributed by atoms with Crippen molar-refractivity contribution >= 4 is 17.3 Å². The van der Waals surface area contributed by atoms with Crippen LogP contribution in [0.4, 0.5) is 11.4 Å². The van der Waals surface area contributed by atoms with Crippen LogP contribution in [0.25, 0.3) is 0 Å². The zero-order chi connectivity index (χ0) is 16.3. The number of nitrogens with one attached hydrogen (secondary N) is 3. The smallest absolute Gasteiger partial charge is 0.335 e. The van der Waals surface area contributed by atoms with Crippen molar-refractivity contribution in [1.82, 2.24) is 10.2 Å². The van der Waals surface area contributed by atoms with Gasteiger partial charge in [0.25, 0.3) is 0 Å². The summed E-state index contributed by atoms with van der Waals surface area (Å²) >= 11 is 0. The Kier molecular flexibility index (Phi) is 5.26. The van der Waals surface area contributed by atoms with E-state index >= 15 is 0 Å². The van der Waals surface area contributed by atoms with Gasteiger partial charge in [-0.3, -0.25) is 4.90 Å². The van der Waals surface area contributed by atoms with Crippen molar-refractivity contribution in [3.8, 4) is 0 Å². The Morgan fingerprint density at radius 3 is 2.64 bits per heavy atom. The minimum absolute atomic E-state index is 0.147. The molecular weight excluding hydrogens is 280 g/mol. The Morgan fingerprint density at radius 2 is 2.05 bits per heavy atom. The maximum Gasteiger partial charge on any atom is 0.335 e. The minimum Gasteiger partial charge on any atom is -0.478 e. The van der Waals surface area contributed by atoms with Crippen LogP contribution in [0.3, 0.4) is 0 Å². The van der Waals surface area contributed by atoms with Gasteiger partial charge in [0.05, 0.1) is 29.3 Å². The summed E-state index contributed by atoms with van der Waals surface area (Å²) in [4.78, 5) is 13.2. The van der Waals surface area contributed by atoms with Crippen LogP contribution in [0.5, 0.6) is 0 Å². The van der Waals surface area contributed by atoms with Gasteiger partial charge in [0.15, 0.2) is 0 Å². The fraction of sp³-hybridized carbons (Fsp3) is 0.562. The van der Waals surface area contributed by atoms with Gasteiger partial charge in [-0.1, -0.05) is 6.92 Å². The fourth-order valence-electron chi connectivity index (χ4n) is 2.92. The van der Waals surface area contributed by atoms with Crippen molar-refractivity contribution in [2.75, 3.05) is 31.8 Å². The molecule has 1 heterocycles. The number of hydrogen-bond acceptors (Lipinski definition) is 5. The molecule has 22 heavy (non-hydrogen) atoms. The molecule has 0 aliphatic carbocycles. The van der Waals surface area contributed by atoms with E-state index in [-0.39, 0.29) is 6.17 Å². The summed E-state index contributed by atoms with van der Waals surface area (Å²) in [6, 6.07) is 5.14. The molecule has 0 aromatic heterocycles. The summed E-state index contributed by atoms with van der Waals surface area (Å²) < 4.78 is 0. The summed E-state index contributed by atoms with van der Waals surface area (Å²) in [6.45, 7) is 2.24. The number of rotatable bonds is 7. The van der Waals surface area contributed by atoms with E-state index in [4.69, 9.17) is 5.11 Å². The van der Waals surface area contributed by atoms with E-state index in [9.17, 15) is 4.79 Å². The predicted octanol–water partition coefficient (Wildman–Crippen LogP) is 2.07. The SMILES string of the molecule is CNC(CC(C)CC1Nc2ccc(C(=O)O)cc2N1)N(C)C. The number of carbonyl (C=O) groups is 1. The molecule has 3 unspecified atom stereocenters. The fourth-order valence-corrected chi connectivity index (χ4v) is 2.92. The van der Waals surface area contributed by atoms with Crippen LogP contribution in [0, 0.1) is 5.92 Å². The average molecular weight is 306 g/mol. The van der Waals surface area contributed by atoms with Gasteiger partial charge < -0.3 is 21.1 Å². The lowest BCUT2D eigenvalue weighted by Crippen LogP contribution is -2.41. The first-order chi connectivity index (χ1) is 10.4. The molecule has 4 N–H and O–H groups in total. The first kappa shape index (κ1) is 16.6. The highest BCUT2D eigenvalue weighted by Gasteiger charge is 2.23. The first-order valence-corrected chi connectivity index (χ1v) is 7.64. The average Bonchev–Trinajstić information content (AvgIpc) is 2.85. The standard InChI is InChI=1S/C16H26N4O2/c1-10(8-15(17-2)20(3)4)7-14-18-12-6-5-11(16(21)22)9-13(12)19-14/h5-6,9-10,14-15,17-19H,7-8H2,1-4H3,(H,21,22). The molecular formula is C16H26N4O2. The van der Waals surface area contributed by atoms with Crippen molar-refractivity contribution in [2.24, 2.45) is 5.92 Å². The number of hydrogen-bond donors (Lipinski definition) is 4.